The van der Waals surface area contributed by atoms with Gasteiger partial charge in [-0.15, -0.1) is 0 Å². The highest BCUT2D eigenvalue weighted by atomic mass is 79.9. The lowest BCUT2D eigenvalue weighted by molar-refractivity contribution is -0.116. The van der Waals surface area contributed by atoms with Crippen LogP contribution in [0.4, 0.5) is 0 Å². The van der Waals surface area contributed by atoms with Crippen molar-refractivity contribution < 1.29 is 4.79 Å². The zero-order valence-electron chi connectivity index (χ0n) is 6.83. The number of aromatic nitrogens is 2. The van der Waals surface area contributed by atoms with Crippen molar-refractivity contribution in [2.24, 2.45) is 0 Å². The van der Waals surface area contributed by atoms with Crippen LogP contribution in [0.15, 0.2) is 29.5 Å². The van der Waals surface area contributed by atoms with Gasteiger partial charge in [0.2, 0.25) is 5.91 Å². The van der Waals surface area contributed by atoms with Gasteiger partial charge in [-0.05, 0) is 22.0 Å². The summed E-state index contributed by atoms with van der Waals surface area (Å²) in [4.78, 5) is 18.7. The molecule has 0 fully saturated rings. The van der Waals surface area contributed by atoms with Crippen molar-refractivity contribution in [2.45, 2.75) is 6.54 Å². The molecule has 0 radical (unpaired) electrons. The van der Waals surface area contributed by atoms with Gasteiger partial charge >= 0.3 is 0 Å². The number of hydrogen-bond donors (Lipinski definition) is 1. The summed E-state index contributed by atoms with van der Waals surface area (Å²) in [5.74, 6) is 0.338. The van der Waals surface area contributed by atoms with Gasteiger partial charge in [0.15, 0.2) is 0 Å². The molecule has 4 nitrogen and oxygen atoms in total. The van der Waals surface area contributed by atoms with Gasteiger partial charge in [0, 0.05) is 12.4 Å². The first-order chi connectivity index (χ1) is 6.22. The lowest BCUT2D eigenvalue weighted by Crippen LogP contribution is -2.21. The molecule has 0 spiro atoms. The summed E-state index contributed by atoms with van der Waals surface area (Å²) in [6.45, 7) is 3.64. The Morgan fingerprint density at radius 1 is 1.62 bits per heavy atom. The molecule has 13 heavy (non-hydrogen) atoms. The molecular formula is C8H8BrN3O. The summed E-state index contributed by atoms with van der Waals surface area (Å²) < 4.78 is 0.811. The van der Waals surface area contributed by atoms with Gasteiger partial charge in [-0.25, -0.2) is 9.97 Å². The van der Waals surface area contributed by atoms with Crippen molar-refractivity contribution in [3.63, 3.8) is 0 Å². The van der Waals surface area contributed by atoms with E-state index in [0.717, 1.165) is 4.47 Å². The van der Waals surface area contributed by atoms with Crippen LogP contribution in [0.5, 0.6) is 0 Å². The van der Waals surface area contributed by atoms with Gasteiger partial charge < -0.3 is 5.32 Å². The second-order valence-electron chi connectivity index (χ2n) is 2.24. The van der Waals surface area contributed by atoms with Crippen LogP contribution in [0.3, 0.4) is 0 Å². The molecule has 0 aliphatic carbocycles. The van der Waals surface area contributed by atoms with E-state index in [9.17, 15) is 4.79 Å². The van der Waals surface area contributed by atoms with Crippen molar-refractivity contribution in [3.05, 3.63) is 35.3 Å². The first kappa shape index (κ1) is 9.85. The minimum atomic E-state index is -0.230. The fourth-order valence-corrected chi connectivity index (χ4v) is 0.873. The maximum absolute atomic E-state index is 10.8. The number of carbonyl (C=O) groups excluding carboxylic acids is 1. The highest BCUT2D eigenvalue weighted by molar-refractivity contribution is 9.10. The van der Waals surface area contributed by atoms with E-state index in [1.54, 1.807) is 12.4 Å². The molecule has 68 valence electrons. The van der Waals surface area contributed by atoms with E-state index in [2.05, 4.69) is 37.8 Å². The lowest BCUT2D eigenvalue weighted by atomic mass is 10.5. The average Bonchev–Trinajstić information content (AvgIpc) is 2.16. The Hall–Kier alpha value is -1.23. The largest absolute Gasteiger partial charge is 0.345 e. The Labute approximate surface area is 84.2 Å². The second kappa shape index (κ2) is 4.71. The Bertz CT molecular complexity index is 310. The molecule has 1 heterocycles. The summed E-state index contributed by atoms with van der Waals surface area (Å²) in [5, 5.41) is 2.57. The molecule has 1 N–H and O–H groups in total. The number of amides is 1. The molecular weight excluding hydrogens is 234 g/mol. The Balaban J connectivity index is 2.50. The summed E-state index contributed by atoms with van der Waals surface area (Å²) in [7, 11) is 0. The molecule has 0 saturated heterocycles. The van der Waals surface area contributed by atoms with E-state index in [0.29, 0.717) is 12.4 Å². The summed E-state index contributed by atoms with van der Waals surface area (Å²) in [5.41, 5.74) is 0. The zero-order chi connectivity index (χ0) is 9.68. The number of rotatable bonds is 3. The predicted octanol–water partition coefficient (Wildman–Crippen LogP) is 1.04. The summed E-state index contributed by atoms with van der Waals surface area (Å²) >= 11 is 3.21. The highest BCUT2D eigenvalue weighted by Crippen LogP contribution is 2.03. The minimum absolute atomic E-state index is 0.230. The first-order valence-electron chi connectivity index (χ1n) is 3.59. The number of nitrogens with one attached hydrogen (secondary N) is 1. The molecule has 1 amide bonds. The van der Waals surface area contributed by atoms with Crippen LogP contribution in [-0.4, -0.2) is 15.9 Å². The Morgan fingerprint density at radius 2 is 2.23 bits per heavy atom. The number of nitrogens with zero attached hydrogens (tertiary/aromatic N) is 2. The SMILES string of the molecule is C=CC(=O)NCc1ncc(Br)cn1. The van der Waals surface area contributed by atoms with Crippen molar-refractivity contribution in [1.29, 1.82) is 0 Å². The quantitative estimate of drug-likeness (QED) is 0.805. The fraction of sp³-hybridized carbons (Fsp3) is 0.125. The fourth-order valence-electron chi connectivity index (χ4n) is 0.669. The molecule has 0 unspecified atom stereocenters. The number of halogens is 1. The van der Waals surface area contributed by atoms with Gasteiger partial charge in [0.25, 0.3) is 0 Å². The monoisotopic (exact) mass is 241 g/mol. The Morgan fingerprint density at radius 3 is 2.77 bits per heavy atom. The minimum Gasteiger partial charge on any atom is -0.345 e. The average molecular weight is 242 g/mol. The third-order valence-electron chi connectivity index (χ3n) is 1.28. The van der Waals surface area contributed by atoms with Crippen LogP contribution in [0.2, 0.25) is 0 Å². The van der Waals surface area contributed by atoms with Crippen LogP contribution in [0, 0.1) is 0 Å². The van der Waals surface area contributed by atoms with Crippen LogP contribution in [0.1, 0.15) is 5.82 Å². The van der Waals surface area contributed by atoms with Gasteiger partial charge in [0.05, 0.1) is 11.0 Å². The molecule has 0 saturated carbocycles. The van der Waals surface area contributed by atoms with E-state index >= 15 is 0 Å². The third kappa shape index (κ3) is 3.33. The third-order valence-corrected chi connectivity index (χ3v) is 1.69. The van der Waals surface area contributed by atoms with E-state index in [1.807, 2.05) is 0 Å². The molecule has 1 aromatic heterocycles. The van der Waals surface area contributed by atoms with Crippen LogP contribution in [-0.2, 0) is 11.3 Å². The second-order valence-corrected chi connectivity index (χ2v) is 3.16. The smallest absolute Gasteiger partial charge is 0.243 e. The molecule has 1 aromatic rings. The predicted molar refractivity (Wildman–Crippen MR) is 51.8 cm³/mol. The van der Waals surface area contributed by atoms with Crippen molar-refractivity contribution >= 4 is 21.8 Å². The van der Waals surface area contributed by atoms with Gasteiger partial charge in [-0.3, -0.25) is 4.79 Å². The molecule has 1 rings (SSSR count). The first-order valence-corrected chi connectivity index (χ1v) is 4.38. The van der Waals surface area contributed by atoms with E-state index < -0.39 is 0 Å². The molecule has 0 atom stereocenters. The zero-order valence-corrected chi connectivity index (χ0v) is 8.41. The van der Waals surface area contributed by atoms with Gasteiger partial charge in [-0.1, -0.05) is 6.58 Å². The topological polar surface area (TPSA) is 54.9 Å². The summed E-state index contributed by atoms with van der Waals surface area (Å²) in [6.07, 6.45) is 4.46. The van der Waals surface area contributed by atoms with Gasteiger partial charge in [-0.2, -0.15) is 0 Å². The highest BCUT2D eigenvalue weighted by Gasteiger charge is 1.97. The standard InChI is InChI=1S/C8H8BrN3O/c1-2-8(13)12-5-7-10-3-6(9)4-11-7/h2-4H,1,5H2,(H,12,13). The summed E-state index contributed by atoms with van der Waals surface area (Å²) in [6, 6.07) is 0. The molecule has 0 aliphatic rings. The van der Waals surface area contributed by atoms with Crippen molar-refractivity contribution in [2.75, 3.05) is 0 Å². The van der Waals surface area contributed by atoms with Crippen LogP contribution < -0.4 is 5.32 Å². The molecule has 0 aliphatic heterocycles. The Kier molecular flexibility index (Phi) is 3.57. The van der Waals surface area contributed by atoms with Gasteiger partial charge in [0.1, 0.15) is 5.82 Å². The maximum Gasteiger partial charge on any atom is 0.243 e. The van der Waals surface area contributed by atoms with Crippen LogP contribution >= 0.6 is 15.9 Å². The number of hydrogen-bond acceptors (Lipinski definition) is 3. The van der Waals surface area contributed by atoms with E-state index in [4.69, 9.17) is 0 Å². The van der Waals surface area contributed by atoms with Crippen LogP contribution in [0.25, 0.3) is 0 Å². The maximum atomic E-state index is 10.8. The van der Waals surface area contributed by atoms with E-state index in [1.165, 1.54) is 6.08 Å². The van der Waals surface area contributed by atoms with E-state index in [-0.39, 0.29) is 5.91 Å². The number of carbonyl (C=O) groups is 1. The molecule has 0 aromatic carbocycles. The molecule has 0 bridgehead atoms. The lowest BCUT2D eigenvalue weighted by Gasteiger charge is -1.99. The normalized spacial score (nSPS) is 9.31. The van der Waals surface area contributed by atoms with Crippen molar-refractivity contribution in [1.82, 2.24) is 15.3 Å². The molecule has 5 heteroatoms. The van der Waals surface area contributed by atoms with Crippen molar-refractivity contribution in [3.8, 4) is 0 Å².